The van der Waals surface area contributed by atoms with E-state index in [9.17, 15) is 5.11 Å². The highest BCUT2D eigenvalue weighted by molar-refractivity contribution is 9.10. The van der Waals surface area contributed by atoms with Crippen LogP contribution in [0, 0.1) is 19.3 Å². The van der Waals surface area contributed by atoms with Gasteiger partial charge in [0.05, 0.1) is 4.47 Å². The number of terminal acetylenes is 1. The van der Waals surface area contributed by atoms with Gasteiger partial charge < -0.3 is 15.2 Å². The summed E-state index contributed by atoms with van der Waals surface area (Å²) in [5.74, 6) is 3.27. The van der Waals surface area contributed by atoms with E-state index in [-0.39, 0.29) is 6.61 Å². The topological polar surface area (TPSA) is 41.5 Å². The molecule has 18 heavy (non-hydrogen) atoms. The number of hydrogen-bond donors (Lipinski definition) is 2. The van der Waals surface area contributed by atoms with Gasteiger partial charge in [0.2, 0.25) is 0 Å². The maximum atomic E-state index is 9.70. The van der Waals surface area contributed by atoms with Crippen molar-refractivity contribution in [2.75, 3.05) is 19.7 Å². The third-order valence-corrected chi connectivity index (χ3v) is 2.96. The van der Waals surface area contributed by atoms with Gasteiger partial charge in [-0.3, -0.25) is 0 Å². The van der Waals surface area contributed by atoms with E-state index in [4.69, 9.17) is 11.2 Å². The first-order valence-electron chi connectivity index (χ1n) is 5.84. The minimum atomic E-state index is -0.545. The number of benzene rings is 1. The second-order valence-corrected chi connectivity index (χ2v) is 4.91. The van der Waals surface area contributed by atoms with E-state index in [0.29, 0.717) is 19.5 Å². The van der Waals surface area contributed by atoms with Gasteiger partial charge in [0.25, 0.3) is 0 Å². The first kappa shape index (κ1) is 15.0. The number of halogens is 1. The highest BCUT2D eigenvalue weighted by Crippen LogP contribution is 2.25. The predicted molar refractivity (Wildman–Crippen MR) is 76.7 cm³/mol. The van der Waals surface area contributed by atoms with Gasteiger partial charge in [0.1, 0.15) is 18.5 Å². The van der Waals surface area contributed by atoms with Gasteiger partial charge in [-0.25, -0.2) is 0 Å². The van der Waals surface area contributed by atoms with Gasteiger partial charge in [-0.2, -0.15) is 0 Å². The predicted octanol–water partition coefficient (Wildman–Crippen LogP) is 2.11. The molecule has 0 bridgehead atoms. The van der Waals surface area contributed by atoms with E-state index in [1.165, 1.54) is 0 Å². The molecule has 0 aliphatic carbocycles. The van der Waals surface area contributed by atoms with E-state index in [2.05, 4.69) is 27.2 Å². The lowest BCUT2D eigenvalue weighted by Crippen LogP contribution is -2.31. The van der Waals surface area contributed by atoms with Crippen molar-refractivity contribution in [2.24, 2.45) is 0 Å². The van der Waals surface area contributed by atoms with Crippen LogP contribution in [-0.2, 0) is 0 Å². The van der Waals surface area contributed by atoms with E-state index >= 15 is 0 Å². The van der Waals surface area contributed by atoms with E-state index in [1.54, 1.807) is 0 Å². The van der Waals surface area contributed by atoms with Gasteiger partial charge in [0, 0.05) is 19.5 Å². The summed E-state index contributed by atoms with van der Waals surface area (Å²) in [6.45, 7) is 3.45. The zero-order chi connectivity index (χ0) is 13.4. The van der Waals surface area contributed by atoms with Crippen molar-refractivity contribution in [3.63, 3.8) is 0 Å². The molecule has 0 aliphatic heterocycles. The molecule has 1 aromatic rings. The summed E-state index contributed by atoms with van der Waals surface area (Å²) in [7, 11) is 0. The van der Waals surface area contributed by atoms with Crippen LogP contribution in [0.3, 0.4) is 0 Å². The monoisotopic (exact) mass is 311 g/mol. The van der Waals surface area contributed by atoms with Crippen molar-refractivity contribution >= 4 is 15.9 Å². The average Bonchev–Trinajstić information content (AvgIpc) is 2.33. The van der Waals surface area contributed by atoms with Gasteiger partial charge >= 0.3 is 0 Å². The maximum Gasteiger partial charge on any atom is 0.133 e. The minimum Gasteiger partial charge on any atom is -0.490 e. The van der Waals surface area contributed by atoms with Crippen LogP contribution in [-0.4, -0.2) is 30.9 Å². The van der Waals surface area contributed by atoms with Crippen molar-refractivity contribution in [2.45, 2.75) is 19.4 Å². The number of aliphatic hydroxyl groups excluding tert-OH is 1. The van der Waals surface area contributed by atoms with Gasteiger partial charge in [-0.05, 0) is 40.5 Å². The van der Waals surface area contributed by atoms with E-state index < -0.39 is 6.10 Å². The minimum absolute atomic E-state index is 0.255. The molecule has 0 aliphatic rings. The Labute approximate surface area is 117 Å². The smallest absolute Gasteiger partial charge is 0.133 e. The second kappa shape index (κ2) is 8.15. The standard InChI is InChI=1S/C14H18BrNO2/c1-3-4-7-16-9-12(17)10-18-14-6-5-11(2)8-13(14)15/h1,5-6,8,12,16-17H,4,7,9-10H2,2H3. The Balaban J connectivity index is 2.29. The Hall–Kier alpha value is -1.02. The third kappa shape index (κ3) is 5.54. The fraction of sp³-hybridized carbons (Fsp3) is 0.429. The number of nitrogens with one attached hydrogen (secondary N) is 1. The highest BCUT2D eigenvalue weighted by Gasteiger charge is 2.06. The van der Waals surface area contributed by atoms with Crippen molar-refractivity contribution < 1.29 is 9.84 Å². The quantitative estimate of drug-likeness (QED) is 0.598. The van der Waals surface area contributed by atoms with E-state index in [1.807, 2.05) is 25.1 Å². The molecule has 1 rings (SSSR count). The van der Waals surface area contributed by atoms with Gasteiger partial charge in [-0.1, -0.05) is 6.07 Å². The Kier molecular flexibility index (Phi) is 6.81. The average molecular weight is 312 g/mol. The van der Waals surface area contributed by atoms with Crippen LogP contribution in [0.15, 0.2) is 22.7 Å². The number of aryl methyl sites for hydroxylation is 1. The molecule has 0 saturated heterocycles. The first-order valence-corrected chi connectivity index (χ1v) is 6.64. The van der Waals surface area contributed by atoms with Gasteiger partial charge in [0.15, 0.2) is 0 Å². The molecular formula is C14H18BrNO2. The van der Waals surface area contributed by atoms with Gasteiger partial charge in [-0.15, -0.1) is 12.3 Å². The lowest BCUT2D eigenvalue weighted by molar-refractivity contribution is 0.106. The fourth-order valence-electron chi connectivity index (χ4n) is 1.40. The molecule has 0 amide bonds. The Morgan fingerprint density at radius 3 is 3.00 bits per heavy atom. The van der Waals surface area contributed by atoms with Crippen LogP contribution in [0.2, 0.25) is 0 Å². The van der Waals surface area contributed by atoms with Crippen LogP contribution in [0.1, 0.15) is 12.0 Å². The summed E-state index contributed by atoms with van der Waals surface area (Å²) in [5.41, 5.74) is 1.16. The molecular weight excluding hydrogens is 294 g/mol. The van der Waals surface area contributed by atoms with Crippen molar-refractivity contribution in [3.8, 4) is 18.1 Å². The fourth-order valence-corrected chi connectivity index (χ4v) is 2.00. The summed E-state index contributed by atoms with van der Waals surface area (Å²) in [6, 6.07) is 5.84. The summed E-state index contributed by atoms with van der Waals surface area (Å²) >= 11 is 3.43. The molecule has 0 radical (unpaired) electrons. The first-order chi connectivity index (χ1) is 8.63. The Bertz CT molecular complexity index is 415. The zero-order valence-electron chi connectivity index (χ0n) is 10.4. The van der Waals surface area contributed by atoms with Crippen LogP contribution >= 0.6 is 15.9 Å². The lowest BCUT2D eigenvalue weighted by Gasteiger charge is -2.14. The normalized spacial score (nSPS) is 11.9. The molecule has 1 aromatic carbocycles. The summed E-state index contributed by atoms with van der Waals surface area (Å²) in [4.78, 5) is 0. The maximum absolute atomic E-state index is 9.70. The Morgan fingerprint density at radius 1 is 1.56 bits per heavy atom. The van der Waals surface area contributed by atoms with Crippen LogP contribution < -0.4 is 10.1 Å². The molecule has 0 saturated carbocycles. The molecule has 0 aromatic heterocycles. The molecule has 0 spiro atoms. The van der Waals surface area contributed by atoms with Crippen molar-refractivity contribution in [3.05, 3.63) is 28.2 Å². The zero-order valence-corrected chi connectivity index (χ0v) is 12.0. The molecule has 1 atom stereocenters. The highest BCUT2D eigenvalue weighted by atomic mass is 79.9. The Morgan fingerprint density at radius 2 is 2.33 bits per heavy atom. The SMILES string of the molecule is C#CCCNCC(O)COc1ccc(C)cc1Br. The van der Waals surface area contributed by atoms with Crippen LogP contribution in [0.5, 0.6) is 5.75 Å². The molecule has 0 heterocycles. The molecule has 0 fully saturated rings. The van der Waals surface area contributed by atoms with Crippen molar-refractivity contribution in [1.29, 1.82) is 0 Å². The molecule has 4 heteroatoms. The van der Waals surface area contributed by atoms with Crippen molar-refractivity contribution in [1.82, 2.24) is 5.32 Å². The number of rotatable bonds is 7. The third-order valence-electron chi connectivity index (χ3n) is 2.34. The largest absolute Gasteiger partial charge is 0.490 e. The second-order valence-electron chi connectivity index (χ2n) is 4.06. The summed E-state index contributed by atoms with van der Waals surface area (Å²) < 4.78 is 6.43. The van der Waals surface area contributed by atoms with E-state index in [0.717, 1.165) is 15.8 Å². The molecule has 3 nitrogen and oxygen atoms in total. The number of hydrogen-bond acceptors (Lipinski definition) is 3. The summed E-state index contributed by atoms with van der Waals surface area (Å²) in [6.07, 6.45) is 5.24. The number of ether oxygens (including phenoxy) is 1. The molecule has 2 N–H and O–H groups in total. The van der Waals surface area contributed by atoms with Crippen LogP contribution in [0.25, 0.3) is 0 Å². The summed E-state index contributed by atoms with van der Waals surface area (Å²) in [5, 5.41) is 12.8. The molecule has 1 unspecified atom stereocenters. The molecule has 98 valence electrons. The van der Waals surface area contributed by atoms with Crippen LogP contribution in [0.4, 0.5) is 0 Å². The lowest BCUT2D eigenvalue weighted by atomic mass is 10.2. The number of aliphatic hydroxyl groups is 1.